The number of hydrogen-bond donors (Lipinski definition) is 1. The minimum atomic E-state index is 0.463. The van der Waals surface area contributed by atoms with Gasteiger partial charge >= 0.3 is 0 Å². The van der Waals surface area contributed by atoms with Gasteiger partial charge in [-0.3, -0.25) is 0 Å². The van der Waals surface area contributed by atoms with Gasteiger partial charge in [-0.15, -0.1) is 0 Å². The molecule has 3 heteroatoms. The molecule has 1 nitrogen and oxygen atoms in total. The molecule has 16 heavy (non-hydrogen) atoms. The quantitative estimate of drug-likeness (QED) is 0.796. The van der Waals surface area contributed by atoms with Gasteiger partial charge < -0.3 is 5.32 Å². The normalized spacial score (nSPS) is 22.2. The van der Waals surface area contributed by atoms with Gasteiger partial charge in [0.15, 0.2) is 0 Å². The fourth-order valence-corrected chi connectivity index (χ4v) is 3.77. The van der Waals surface area contributed by atoms with E-state index in [1.54, 1.807) is 0 Å². The summed E-state index contributed by atoms with van der Waals surface area (Å²) in [5, 5.41) is 3.55. The van der Waals surface area contributed by atoms with Crippen LogP contribution in [0.2, 0.25) is 0 Å². The van der Waals surface area contributed by atoms with Crippen molar-refractivity contribution in [3.8, 4) is 0 Å². The molecule has 2 atom stereocenters. The Morgan fingerprint density at radius 2 is 2.19 bits per heavy atom. The molecule has 2 unspecified atom stereocenters. The Hall–Kier alpha value is 0.140. The third-order valence-electron chi connectivity index (χ3n) is 3.17. The molecule has 1 aromatic rings. The minimum Gasteiger partial charge on any atom is -0.314 e. The second kappa shape index (κ2) is 6.18. The zero-order valence-electron chi connectivity index (χ0n) is 9.26. The van der Waals surface area contributed by atoms with Crippen LogP contribution < -0.4 is 5.32 Å². The van der Waals surface area contributed by atoms with Crippen molar-refractivity contribution < 1.29 is 0 Å². The van der Waals surface area contributed by atoms with Crippen molar-refractivity contribution >= 4 is 31.9 Å². The number of halogens is 2. The molecule has 2 rings (SSSR count). The topological polar surface area (TPSA) is 12.0 Å². The summed E-state index contributed by atoms with van der Waals surface area (Å²) in [6.07, 6.45) is 5.14. The lowest BCUT2D eigenvalue weighted by Gasteiger charge is -2.15. The fourth-order valence-electron chi connectivity index (χ4n) is 2.24. The van der Waals surface area contributed by atoms with E-state index in [1.165, 1.54) is 42.3 Å². The first-order chi connectivity index (χ1) is 7.77. The molecule has 1 fully saturated rings. The van der Waals surface area contributed by atoms with Crippen LogP contribution in [0.1, 0.15) is 36.1 Å². The molecule has 0 spiro atoms. The SMILES string of the molecule is Brc1ccccc1C(Br)CCC1CCCN1. The number of benzene rings is 1. The van der Waals surface area contributed by atoms with E-state index in [0.29, 0.717) is 4.83 Å². The Bertz CT molecular complexity index is 334. The van der Waals surface area contributed by atoms with Gasteiger partial charge in [-0.25, -0.2) is 0 Å². The van der Waals surface area contributed by atoms with E-state index in [1.807, 2.05) is 0 Å². The smallest absolute Gasteiger partial charge is 0.0407 e. The van der Waals surface area contributed by atoms with Crippen LogP contribution in [-0.4, -0.2) is 12.6 Å². The van der Waals surface area contributed by atoms with Crippen LogP contribution in [0.25, 0.3) is 0 Å². The predicted octanol–water partition coefficient (Wildman–Crippen LogP) is 4.42. The minimum absolute atomic E-state index is 0.463. The van der Waals surface area contributed by atoms with Crippen LogP contribution in [0.3, 0.4) is 0 Å². The average Bonchev–Trinajstić information content (AvgIpc) is 2.79. The molecule has 0 bridgehead atoms. The molecule has 0 amide bonds. The monoisotopic (exact) mass is 345 g/mol. The Morgan fingerprint density at radius 3 is 2.88 bits per heavy atom. The molecule has 1 aliphatic heterocycles. The second-order valence-corrected chi connectivity index (χ2v) is 6.32. The highest BCUT2D eigenvalue weighted by Crippen LogP contribution is 2.33. The zero-order valence-corrected chi connectivity index (χ0v) is 12.4. The van der Waals surface area contributed by atoms with E-state index in [-0.39, 0.29) is 0 Å². The van der Waals surface area contributed by atoms with E-state index in [2.05, 4.69) is 61.4 Å². The molecule has 1 aromatic carbocycles. The van der Waals surface area contributed by atoms with E-state index < -0.39 is 0 Å². The average molecular weight is 347 g/mol. The van der Waals surface area contributed by atoms with Gasteiger partial charge in [0.2, 0.25) is 0 Å². The van der Waals surface area contributed by atoms with Crippen LogP contribution in [0.15, 0.2) is 28.7 Å². The van der Waals surface area contributed by atoms with Gasteiger partial charge in [0, 0.05) is 15.3 Å². The molecule has 88 valence electrons. The van der Waals surface area contributed by atoms with Gasteiger partial charge in [-0.2, -0.15) is 0 Å². The molecule has 0 saturated carbocycles. The van der Waals surface area contributed by atoms with Crippen molar-refractivity contribution in [2.24, 2.45) is 0 Å². The lowest BCUT2D eigenvalue weighted by atomic mass is 10.0. The molecular formula is C13H17Br2N. The molecule has 1 N–H and O–H groups in total. The summed E-state index contributed by atoms with van der Waals surface area (Å²) in [5.41, 5.74) is 1.36. The maximum atomic E-state index is 3.79. The highest BCUT2D eigenvalue weighted by atomic mass is 79.9. The number of alkyl halides is 1. The number of rotatable bonds is 4. The summed E-state index contributed by atoms with van der Waals surface area (Å²) in [6, 6.07) is 9.19. The van der Waals surface area contributed by atoms with Crippen LogP contribution in [0, 0.1) is 0 Å². The summed E-state index contributed by atoms with van der Waals surface area (Å²) < 4.78 is 1.20. The van der Waals surface area contributed by atoms with Gasteiger partial charge in [-0.05, 0) is 43.9 Å². The molecular weight excluding hydrogens is 330 g/mol. The van der Waals surface area contributed by atoms with Crippen molar-refractivity contribution in [1.29, 1.82) is 0 Å². The van der Waals surface area contributed by atoms with Crippen molar-refractivity contribution in [2.45, 2.75) is 36.6 Å². The molecule has 0 aliphatic carbocycles. The molecule has 0 radical (unpaired) electrons. The van der Waals surface area contributed by atoms with Crippen LogP contribution in [0.5, 0.6) is 0 Å². The highest BCUT2D eigenvalue weighted by Gasteiger charge is 2.17. The van der Waals surface area contributed by atoms with Crippen LogP contribution in [0.4, 0.5) is 0 Å². The Balaban J connectivity index is 1.87. The van der Waals surface area contributed by atoms with Crippen molar-refractivity contribution in [2.75, 3.05) is 6.54 Å². The first-order valence-corrected chi connectivity index (χ1v) is 7.60. The van der Waals surface area contributed by atoms with E-state index in [0.717, 1.165) is 6.04 Å². The third-order valence-corrected chi connectivity index (χ3v) is 4.85. The van der Waals surface area contributed by atoms with E-state index in [4.69, 9.17) is 0 Å². The van der Waals surface area contributed by atoms with E-state index >= 15 is 0 Å². The maximum Gasteiger partial charge on any atom is 0.0407 e. The first kappa shape index (κ1) is 12.6. The highest BCUT2D eigenvalue weighted by molar-refractivity contribution is 9.11. The Kier molecular flexibility index (Phi) is 4.86. The van der Waals surface area contributed by atoms with Gasteiger partial charge in [0.05, 0.1) is 0 Å². The molecule has 1 heterocycles. The van der Waals surface area contributed by atoms with Crippen molar-refractivity contribution in [3.63, 3.8) is 0 Å². The lowest BCUT2D eigenvalue weighted by molar-refractivity contribution is 0.534. The maximum absolute atomic E-state index is 3.79. The predicted molar refractivity (Wildman–Crippen MR) is 76.1 cm³/mol. The fraction of sp³-hybridized carbons (Fsp3) is 0.538. The number of nitrogens with one attached hydrogen (secondary N) is 1. The third kappa shape index (κ3) is 3.31. The summed E-state index contributed by atoms with van der Waals surface area (Å²) in [5.74, 6) is 0. The second-order valence-electron chi connectivity index (χ2n) is 4.36. The van der Waals surface area contributed by atoms with Crippen molar-refractivity contribution in [3.05, 3.63) is 34.3 Å². The van der Waals surface area contributed by atoms with Crippen LogP contribution >= 0.6 is 31.9 Å². The lowest BCUT2D eigenvalue weighted by Crippen LogP contribution is -2.21. The molecule has 0 aromatic heterocycles. The standard InChI is InChI=1S/C13H17Br2N/c14-12-6-2-1-5-11(12)13(15)8-7-10-4-3-9-16-10/h1-2,5-6,10,13,16H,3-4,7-9H2. The summed E-state index contributed by atoms with van der Waals surface area (Å²) in [4.78, 5) is 0.463. The van der Waals surface area contributed by atoms with Crippen LogP contribution in [-0.2, 0) is 0 Å². The first-order valence-electron chi connectivity index (χ1n) is 5.89. The van der Waals surface area contributed by atoms with E-state index in [9.17, 15) is 0 Å². The number of hydrogen-bond acceptors (Lipinski definition) is 1. The zero-order chi connectivity index (χ0) is 11.4. The Morgan fingerprint density at radius 1 is 1.38 bits per heavy atom. The summed E-state index contributed by atoms with van der Waals surface area (Å²) in [6.45, 7) is 1.20. The van der Waals surface area contributed by atoms with Gasteiger partial charge in [0.25, 0.3) is 0 Å². The Labute approximate surface area is 114 Å². The van der Waals surface area contributed by atoms with Gasteiger partial charge in [-0.1, -0.05) is 50.1 Å². The largest absolute Gasteiger partial charge is 0.314 e. The molecule has 1 saturated heterocycles. The summed E-state index contributed by atoms with van der Waals surface area (Å²) in [7, 11) is 0. The molecule has 1 aliphatic rings. The van der Waals surface area contributed by atoms with Gasteiger partial charge in [0.1, 0.15) is 0 Å². The summed E-state index contributed by atoms with van der Waals surface area (Å²) >= 11 is 7.39. The van der Waals surface area contributed by atoms with Crippen molar-refractivity contribution in [1.82, 2.24) is 5.32 Å².